The Morgan fingerprint density at radius 1 is 1.57 bits per heavy atom. The molecule has 0 radical (unpaired) electrons. The van der Waals surface area contributed by atoms with Gasteiger partial charge in [0.1, 0.15) is 12.4 Å². The lowest BCUT2D eigenvalue weighted by Gasteiger charge is -2.30. The van der Waals surface area contributed by atoms with Gasteiger partial charge in [0.15, 0.2) is 0 Å². The van der Waals surface area contributed by atoms with Gasteiger partial charge in [0.05, 0.1) is 24.1 Å². The first-order chi connectivity index (χ1) is 11.1. The topological polar surface area (TPSA) is 82.1 Å². The smallest absolute Gasteiger partial charge is 0.272 e. The van der Waals surface area contributed by atoms with E-state index in [2.05, 4.69) is 10.2 Å². The fraction of sp³-hybridized carbons (Fsp3) is 0.312. The van der Waals surface area contributed by atoms with E-state index in [-0.39, 0.29) is 17.5 Å². The number of hydrogen-bond acceptors (Lipinski definition) is 4. The molecular weight excluding hydrogens is 316 g/mol. The monoisotopic (exact) mass is 332 g/mol. The number of amides is 1. The molecule has 1 aromatic heterocycles. The molecule has 0 aliphatic carbocycles. The van der Waals surface area contributed by atoms with Crippen molar-refractivity contribution in [2.24, 2.45) is 0 Å². The van der Waals surface area contributed by atoms with Crippen LogP contribution in [0.5, 0.6) is 5.75 Å². The first-order valence-corrected chi connectivity index (χ1v) is 7.74. The number of benzene rings is 1. The van der Waals surface area contributed by atoms with Crippen molar-refractivity contribution < 1.29 is 9.53 Å². The van der Waals surface area contributed by atoms with E-state index in [1.54, 1.807) is 35.5 Å². The molecule has 1 aromatic carbocycles. The number of hydrogen-bond donors (Lipinski definition) is 2. The van der Waals surface area contributed by atoms with E-state index >= 15 is 0 Å². The van der Waals surface area contributed by atoms with Crippen LogP contribution >= 0.6 is 11.6 Å². The summed E-state index contributed by atoms with van der Waals surface area (Å²) in [5, 5.41) is 15.3. The van der Waals surface area contributed by atoms with Gasteiger partial charge < -0.3 is 9.64 Å². The number of ether oxygens (including phenoxy) is 1. The number of rotatable bonds is 4. The van der Waals surface area contributed by atoms with Crippen molar-refractivity contribution in [2.45, 2.75) is 19.3 Å². The van der Waals surface area contributed by atoms with Gasteiger partial charge in [-0.05, 0) is 29.7 Å². The van der Waals surface area contributed by atoms with Gasteiger partial charge in [0, 0.05) is 17.6 Å². The average molecular weight is 333 g/mol. The highest BCUT2D eigenvalue weighted by Crippen LogP contribution is 2.34. The third kappa shape index (κ3) is 3.22. The van der Waals surface area contributed by atoms with Gasteiger partial charge in [-0.15, -0.1) is 0 Å². The predicted octanol–water partition coefficient (Wildman–Crippen LogP) is 3.00. The lowest BCUT2D eigenvalue weighted by Crippen LogP contribution is -2.42. The van der Waals surface area contributed by atoms with E-state index in [1.165, 1.54) is 0 Å². The Kier molecular flexibility index (Phi) is 4.34. The zero-order valence-electron chi connectivity index (χ0n) is 12.7. The molecule has 3 rings (SSSR count). The lowest BCUT2D eigenvalue weighted by molar-refractivity contribution is -0.113. The molecule has 0 saturated heterocycles. The summed E-state index contributed by atoms with van der Waals surface area (Å²) in [5.74, 6) is 0.349. The number of nitrogens with zero attached hydrogens (tertiary/aromatic N) is 2. The molecule has 6 nitrogen and oxygen atoms in total. The molecule has 2 aromatic rings. The summed E-state index contributed by atoms with van der Waals surface area (Å²) in [6, 6.07) is 5.16. The summed E-state index contributed by atoms with van der Waals surface area (Å²) in [6.45, 7) is 2.79. The number of carbonyl (C=O) groups is 1. The number of H-pyrrole nitrogens is 1. The molecule has 23 heavy (non-hydrogen) atoms. The number of fused-ring (bicyclic) bond motifs is 1. The second-order valence-electron chi connectivity index (χ2n) is 5.53. The minimum Gasteiger partial charge on any atom is -0.490 e. The van der Waals surface area contributed by atoms with Crippen molar-refractivity contribution in [3.05, 3.63) is 41.2 Å². The molecule has 0 fully saturated rings. The molecule has 0 bridgehead atoms. The predicted molar refractivity (Wildman–Crippen MR) is 88.6 cm³/mol. The lowest BCUT2D eigenvalue weighted by atomic mass is 9.97. The van der Waals surface area contributed by atoms with Crippen LogP contribution in [0.25, 0.3) is 0 Å². The fourth-order valence-corrected chi connectivity index (χ4v) is 2.77. The number of aromatic nitrogens is 2. The van der Waals surface area contributed by atoms with Crippen molar-refractivity contribution in [1.82, 2.24) is 10.2 Å². The van der Waals surface area contributed by atoms with Crippen LogP contribution in [0.3, 0.4) is 0 Å². The van der Waals surface area contributed by atoms with Crippen molar-refractivity contribution in [1.29, 1.82) is 5.41 Å². The molecule has 2 heterocycles. The highest BCUT2D eigenvalue weighted by Gasteiger charge is 2.27. The largest absolute Gasteiger partial charge is 0.490 e. The van der Waals surface area contributed by atoms with Crippen molar-refractivity contribution in [3.63, 3.8) is 0 Å². The van der Waals surface area contributed by atoms with E-state index < -0.39 is 0 Å². The standard InChI is InChI=1S/C16H17ClN4O2/c1-10(11-8-19-20-9-11)6-13(18)16(22)21-4-5-23-15-3-2-12(17)7-14(15)21/h2-3,7-10,18H,4-6H2,1H3,(H,19,20). The molecule has 120 valence electrons. The molecule has 1 aliphatic rings. The minimum absolute atomic E-state index is 0.0464. The van der Waals surface area contributed by atoms with Crippen LogP contribution in [-0.4, -0.2) is 35.0 Å². The maximum absolute atomic E-state index is 12.7. The molecule has 1 atom stereocenters. The number of halogens is 1. The Morgan fingerprint density at radius 3 is 3.13 bits per heavy atom. The van der Waals surface area contributed by atoms with Gasteiger partial charge >= 0.3 is 0 Å². The molecule has 1 unspecified atom stereocenters. The molecule has 0 saturated carbocycles. The van der Waals surface area contributed by atoms with Gasteiger partial charge in [-0.3, -0.25) is 15.3 Å². The summed E-state index contributed by atoms with van der Waals surface area (Å²) in [5.41, 5.74) is 1.66. The van der Waals surface area contributed by atoms with E-state index in [9.17, 15) is 4.79 Å². The van der Waals surface area contributed by atoms with Crippen LogP contribution in [0.15, 0.2) is 30.6 Å². The van der Waals surface area contributed by atoms with Crippen molar-refractivity contribution in [3.8, 4) is 5.75 Å². The summed E-state index contributed by atoms with van der Waals surface area (Å²) in [7, 11) is 0. The van der Waals surface area contributed by atoms with Crippen LogP contribution in [0, 0.1) is 5.41 Å². The Hall–Kier alpha value is -2.34. The maximum Gasteiger partial charge on any atom is 0.272 e. The summed E-state index contributed by atoms with van der Waals surface area (Å²) in [4.78, 5) is 14.2. The number of aromatic amines is 1. The molecule has 0 spiro atoms. The Bertz CT molecular complexity index is 730. The van der Waals surface area contributed by atoms with Crippen LogP contribution in [0.4, 0.5) is 5.69 Å². The van der Waals surface area contributed by atoms with Crippen LogP contribution in [-0.2, 0) is 4.79 Å². The SMILES string of the molecule is CC(CC(=N)C(=O)N1CCOc2ccc(Cl)cc21)c1cn[nH]c1. The van der Waals surface area contributed by atoms with E-state index in [1.807, 2.05) is 6.92 Å². The van der Waals surface area contributed by atoms with Crippen molar-refractivity contribution in [2.75, 3.05) is 18.1 Å². The number of anilines is 1. The normalized spacial score (nSPS) is 14.8. The zero-order chi connectivity index (χ0) is 16.4. The molecule has 2 N–H and O–H groups in total. The van der Waals surface area contributed by atoms with Gasteiger partial charge in [0.25, 0.3) is 5.91 Å². The second kappa shape index (κ2) is 6.42. The summed E-state index contributed by atoms with van der Waals surface area (Å²) in [6.07, 6.45) is 3.85. The maximum atomic E-state index is 12.7. The van der Waals surface area contributed by atoms with E-state index in [0.29, 0.717) is 36.0 Å². The summed E-state index contributed by atoms with van der Waals surface area (Å²) >= 11 is 6.02. The van der Waals surface area contributed by atoms with Crippen LogP contribution in [0.2, 0.25) is 5.02 Å². The first-order valence-electron chi connectivity index (χ1n) is 7.36. The molecule has 1 aliphatic heterocycles. The summed E-state index contributed by atoms with van der Waals surface area (Å²) < 4.78 is 5.54. The molecule has 7 heteroatoms. The third-order valence-corrected chi connectivity index (χ3v) is 4.12. The van der Waals surface area contributed by atoms with E-state index in [4.69, 9.17) is 21.7 Å². The number of carbonyl (C=O) groups excluding carboxylic acids is 1. The van der Waals surface area contributed by atoms with Crippen molar-refractivity contribution >= 4 is 28.9 Å². The third-order valence-electron chi connectivity index (χ3n) is 3.89. The first kappa shape index (κ1) is 15.6. The highest BCUT2D eigenvalue weighted by atomic mass is 35.5. The Balaban J connectivity index is 1.76. The highest BCUT2D eigenvalue weighted by molar-refractivity contribution is 6.43. The minimum atomic E-state index is -0.313. The van der Waals surface area contributed by atoms with Crippen LogP contribution < -0.4 is 9.64 Å². The van der Waals surface area contributed by atoms with Gasteiger partial charge in [-0.2, -0.15) is 5.10 Å². The zero-order valence-corrected chi connectivity index (χ0v) is 13.4. The Morgan fingerprint density at radius 2 is 2.39 bits per heavy atom. The number of nitrogens with one attached hydrogen (secondary N) is 2. The second-order valence-corrected chi connectivity index (χ2v) is 5.97. The molecular formula is C16H17ClN4O2. The van der Waals surface area contributed by atoms with Gasteiger partial charge in [0.2, 0.25) is 0 Å². The van der Waals surface area contributed by atoms with Gasteiger partial charge in [-0.1, -0.05) is 18.5 Å². The molecule has 1 amide bonds. The van der Waals surface area contributed by atoms with E-state index in [0.717, 1.165) is 5.56 Å². The fourth-order valence-electron chi connectivity index (χ4n) is 2.61. The van der Waals surface area contributed by atoms with Crippen LogP contribution in [0.1, 0.15) is 24.8 Å². The quantitative estimate of drug-likeness (QED) is 0.844. The van der Waals surface area contributed by atoms with Gasteiger partial charge in [-0.25, -0.2) is 0 Å². The average Bonchev–Trinajstić information content (AvgIpc) is 3.08. The Labute approximate surface area is 138 Å².